The van der Waals surface area contributed by atoms with E-state index < -0.39 is 0 Å². The van der Waals surface area contributed by atoms with Crippen molar-refractivity contribution < 1.29 is 4.74 Å². The van der Waals surface area contributed by atoms with E-state index in [0.717, 1.165) is 13.1 Å². The molecule has 0 aromatic carbocycles. The second-order valence-electron chi connectivity index (χ2n) is 5.75. The standard InChI is InChI=1S/C13H27N3O/c1-13(2)6-4-11(5-7-13)10-16-12(14)15-8-9-17-3/h11H,4-10H2,1-3H3,(H3,14,15,16). The van der Waals surface area contributed by atoms with Crippen molar-refractivity contribution >= 4 is 5.96 Å². The van der Waals surface area contributed by atoms with Crippen LogP contribution in [0.25, 0.3) is 0 Å². The number of rotatable bonds is 5. The average molecular weight is 241 g/mol. The molecule has 1 saturated carbocycles. The average Bonchev–Trinajstić information content (AvgIpc) is 2.28. The zero-order chi connectivity index (χ0) is 12.7. The van der Waals surface area contributed by atoms with Crippen LogP contribution in [0, 0.1) is 11.3 Å². The largest absolute Gasteiger partial charge is 0.383 e. The van der Waals surface area contributed by atoms with Crippen LogP contribution in [0.2, 0.25) is 0 Å². The first-order chi connectivity index (χ1) is 8.03. The van der Waals surface area contributed by atoms with Crippen LogP contribution in [-0.2, 0) is 4.74 Å². The van der Waals surface area contributed by atoms with E-state index in [0.29, 0.717) is 23.9 Å². The van der Waals surface area contributed by atoms with Crippen molar-refractivity contribution in [1.29, 1.82) is 0 Å². The molecule has 17 heavy (non-hydrogen) atoms. The van der Waals surface area contributed by atoms with Gasteiger partial charge in [-0.15, -0.1) is 0 Å². The lowest BCUT2D eigenvalue weighted by Gasteiger charge is -2.33. The Morgan fingerprint density at radius 3 is 2.65 bits per heavy atom. The van der Waals surface area contributed by atoms with E-state index in [1.165, 1.54) is 25.7 Å². The molecule has 1 aliphatic rings. The fourth-order valence-electron chi connectivity index (χ4n) is 2.21. The van der Waals surface area contributed by atoms with Crippen molar-refractivity contribution in [3.63, 3.8) is 0 Å². The minimum Gasteiger partial charge on any atom is -0.383 e. The van der Waals surface area contributed by atoms with Crippen molar-refractivity contribution in [2.45, 2.75) is 39.5 Å². The number of guanidine groups is 1. The molecule has 0 aromatic rings. The van der Waals surface area contributed by atoms with Gasteiger partial charge in [0.15, 0.2) is 5.96 Å². The third-order valence-corrected chi connectivity index (χ3v) is 3.59. The lowest BCUT2D eigenvalue weighted by molar-refractivity contribution is 0.195. The molecule has 1 fully saturated rings. The van der Waals surface area contributed by atoms with E-state index in [2.05, 4.69) is 24.2 Å². The third-order valence-electron chi connectivity index (χ3n) is 3.59. The molecule has 3 N–H and O–H groups in total. The van der Waals surface area contributed by atoms with Crippen LogP contribution in [0.5, 0.6) is 0 Å². The zero-order valence-corrected chi connectivity index (χ0v) is 11.5. The molecule has 0 atom stereocenters. The molecular weight excluding hydrogens is 214 g/mol. The Bertz CT molecular complexity index is 241. The molecule has 0 heterocycles. The van der Waals surface area contributed by atoms with Crippen molar-refractivity contribution in [3.8, 4) is 0 Å². The second-order valence-corrected chi connectivity index (χ2v) is 5.75. The number of methoxy groups -OCH3 is 1. The van der Waals surface area contributed by atoms with Gasteiger partial charge in [-0.3, -0.25) is 4.99 Å². The fourth-order valence-corrected chi connectivity index (χ4v) is 2.21. The van der Waals surface area contributed by atoms with E-state index >= 15 is 0 Å². The maximum absolute atomic E-state index is 5.77. The maximum Gasteiger partial charge on any atom is 0.188 e. The molecule has 0 aliphatic heterocycles. The summed E-state index contributed by atoms with van der Waals surface area (Å²) in [4.78, 5) is 4.40. The molecule has 0 bridgehead atoms. The summed E-state index contributed by atoms with van der Waals surface area (Å²) < 4.78 is 4.94. The van der Waals surface area contributed by atoms with Crippen molar-refractivity contribution in [2.75, 3.05) is 26.8 Å². The summed E-state index contributed by atoms with van der Waals surface area (Å²) in [6.07, 6.45) is 5.18. The minimum absolute atomic E-state index is 0.530. The van der Waals surface area contributed by atoms with Gasteiger partial charge in [-0.2, -0.15) is 0 Å². The van der Waals surface area contributed by atoms with Crippen LogP contribution in [0.3, 0.4) is 0 Å². The van der Waals surface area contributed by atoms with E-state index in [1.807, 2.05) is 0 Å². The van der Waals surface area contributed by atoms with Gasteiger partial charge in [-0.1, -0.05) is 13.8 Å². The molecule has 0 spiro atoms. The Labute approximate surface area is 105 Å². The van der Waals surface area contributed by atoms with Gasteiger partial charge >= 0.3 is 0 Å². The first-order valence-corrected chi connectivity index (χ1v) is 6.56. The van der Waals surface area contributed by atoms with E-state index in [1.54, 1.807) is 7.11 Å². The Balaban J connectivity index is 2.19. The highest BCUT2D eigenvalue weighted by atomic mass is 16.5. The molecule has 1 aliphatic carbocycles. The van der Waals surface area contributed by atoms with Gasteiger partial charge < -0.3 is 15.8 Å². The number of hydrogen-bond acceptors (Lipinski definition) is 2. The first kappa shape index (κ1) is 14.3. The second kappa shape index (κ2) is 6.84. The Morgan fingerprint density at radius 1 is 1.41 bits per heavy atom. The molecular formula is C13H27N3O. The maximum atomic E-state index is 5.77. The summed E-state index contributed by atoms with van der Waals surface area (Å²) >= 11 is 0. The van der Waals surface area contributed by atoms with Gasteiger partial charge in [0.05, 0.1) is 6.61 Å². The Kier molecular flexibility index (Phi) is 5.75. The predicted octanol–water partition coefficient (Wildman–Crippen LogP) is 1.75. The highest BCUT2D eigenvalue weighted by Gasteiger charge is 2.26. The van der Waals surface area contributed by atoms with Gasteiger partial charge in [0.25, 0.3) is 0 Å². The third kappa shape index (κ3) is 5.91. The SMILES string of the molecule is COCCNC(N)=NCC1CCC(C)(C)CC1. The number of nitrogens with two attached hydrogens (primary N) is 1. The van der Waals surface area contributed by atoms with Crippen molar-refractivity contribution in [2.24, 2.45) is 22.1 Å². The zero-order valence-electron chi connectivity index (χ0n) is 11.5. The first-order valence-electron chi connectivity index (χ1n) is 6.56. The molecule has 0 radical (unpaired) electrons. The summed E-state index contributed by atoms with van der Waals surface area (Å²) in [5, 5.41) is 3.04. The smallest absolute Gasteiger partial charge is 0.188 e. The number of nitrogens with zero attached hydrogens (tertiary/aromatic N) is 1. The van der Waals surface area contributed by atoms with E-state index in [9.17, 15) is 0 Å². The number of aliphatic imine (C=N–C) groups is 1. The molecule has 4 heteroatoms. The number of hydrogen-bond donors (Lipinski definition) is 2. The lowest BCUT2D eigenvalue weighted by Crippen LogP contribution is -2.34. The molecule has 0 amide bonds. The summed E-state index contributed by atoms with van der Waals surface area (Å²) in [6, 6.07) is 0. The topological polar surface area (TPSA) is 59.6 Å². The van der Waals surface area contributed by atoms with E-state index in [4.69, 9.17) is 10.5 Å². The predicted molar refractivity (Wildman–Crippen MR) is 72.1 cm³/mol. The highest BCUT2D eigenvalue weighted by Crippen LogP contribution is 2.37. The fraction of sp³-hybridized carbons (Fsp3) is 0.923. The van der Waals surface area contributed by atoms with E-state index in [-0.39, 0.29) is 0 Å². The normalized spacial score (nSPS) is 21.5. The van der Waals surface area contributed by atoms with Gasteiger partial charge in [0.2, 0.25) is 0 Å². The summed E-state index contributed by atoms with van der Waals surface area (Å²) in [7, 11) is 1.68. The van der Waals surface area contributed by atoms with Crippen LogP contribution in [0.4, 0.5) is 0 Å². The molecule has 100 valence electrons. The highest BCUT2D eigenvalue weighted by molar-refractivity contribution is 5.77. The lowest BCUT2D eigenvalue weighted by atomic mass is 9.73. The summed E-state index contributed by atoms with van der Waals surface area (Å²) in [6.45, 7) is 6.96. The van der Waals surface area contributed by atoms with Crippen LogP contribution in [0.1, 0.15) is 39.5 Å². The Morgan fingerprint density at radius 2 is 2.06 bits per heavy atom. The quantitative estimate of drug-likeness (QED) is 0.438. The number of nitrogens with one attached hydrogen (secondary N) is 1. The van der Waals surface area contributed by atoms with Gasteiger partial charge in [-0.05, 0) is 37.0 Å². The monoisotopic (exact) mass is 241 g/mol. The minimum atomic E-state index is 0.530. The molecule has 0 unspecified atom stereocenters. The molecule has 1 rings (SSSR count). The van der Waals surface area contributed by atoms with Crippen LogP contribution >= 0.6 is 0 Å². The number of ether oxygens (including phenoxy) is 1. The molecule has 4 nitrogen and oxygen atoms in total. The Hall–Kier alpha value is -0.770. The van der Waals surface area contributed by atoms with Crippen molar-refractivity contribution in [1.82, 2.24) is 5.32 Å². The molecule has 0 aromatic heterocycles. The summed E-state index contributed by atoms with van der Waals surface area (Å²) in [5.74, 6) is 1.26. The van der Waals surface area contributed by atoms with Gasteiger partial charge in [0, 0.05) is 20.2 Å². The van der Waals surface area contributed by atoms with Crippen LogP contribution < -0.4 is 11.1 Å². The van der Waals surface area contributed by atoms with Crippen molar-refractivity contribution in [3.05, 3.63) is 0 Å². The summed E-state index contributed by atoms with van der Waals surface area (Å²) in [5.41, 5.74) is 6.30. The van der Waals surface area contributed by atoms with Gasteiger partial charge in [-0.25, -0.2) is 0 Å². The van der Waals surface area contributed by atoms with Gasteiger partial charge in [0.1, 0.15) is 0 Å². The molecule has 0 saturated heterocycles. The van der Waals surface area contributed by atoms with Crippen LogP contribution in [0.15, 0.2) is 4.99 Å². The van der Waals surface area contributed by atoms with Crippen LogP contribution in [-0.4, -0.2) is 32.8 Å².